The highest BCUT2D eigenvalue weighted by atomic mass is 35.5. The first-order chi connectivity index (χ1) is 7.78. The summed E-state index contributed by atoms with van der Waals surface area (Å²) in [6.45, 7) is 0. The maximum absolute atomic E-state index is 6.04. The molecular formula is C13H18ClNS. The van der Waals surface area contributed by atoms with Gasteiger partial charge in [0, 0.05) is 10.9 Å². The van der Waals surface area contributed by atoms with E-state index in [9.17, 15) is 0 Å². The molecule has 2 aliphatic carbocycles. The van der Waals surface area contributed by atoms with Crippen molar-refractivity contribution in [2.24, 2.45) is 17.8 Å². The molecule has 1 nitrogen and oxygen atoms in total. The Morgan fingerprint density at radius 2 is 2.25 bits per heavy atom. The Balaban J connectivity index is 1.81. The van der Waals surface area contributed by atoms with Crippen LogP contribution < -0.4 is 5.32 Å². The second-order valence-corrected chi connectivity index (χ2v) is 6.99. The minimum absolute atomic E-state index is 0.535. The number of halogens is 1. The fourth-order valence-corrected chi connectivity index (χ4v) is 5.01. The van der Waals surface area contributed by atoms with Crippen molar-refractivity contribution in [3.63, 3.8) is 0 Å². The number of hydrogen-bond donors (Lipinski definition) is 1. The van der Waals surface area contributed by atoms with Gasteiger partial charge in [-0.3, -0.25) is 0 Å². The van der Waals surface area contributed by atoms with E-state index in [-0.39, 0.29) is 0 Å². The molecule has 3 heteroatoms. The maximum atomic E-state index is 6.04. The van der Waals surface area contributed by atoms with Crippen molar-refractivity contribution in [1.82, 2.24) is 5.32 Å². The summed E-state index contributed by atoms with van der Waals surface area (Å²) in [6, 6.07) is 4.76. The van der Waals surface area contributed by atoms with E-state index in [1.807, 2.05) is 6.07 Å². The van der Waals surface area contributed by atoms with Crippen molar-refractivity contribution in [2.75, 3.05) is 7.05 Å². The zero-order chi connectivity index (χ0) is 11.1. The molecule has 2 fully saturated rings. The van der Waals surface area contributed by atoms with E-state index in [0.717, 1.165) is 22.1 Å². The molecule has 0 aliphatic heterocycles. The Hall–Kier alpha value is -0.0500. The van der Waals surface area contributed by atoms with Gasteiger partial charge in [-0.2, -0.15) is 0 Å². The third-order valence-electron chi connectivity index (χ3n) is 4.43. The number of nitrogens with one attached hydrogen (secondary N) is 1. The molecule has 2 saturated carbocycles. The zero-order valence-corrected chi connectivity index (χ0v) is 11.2. The first-order valence-electron chi connectivity index (χ1n) is 6.20. The lowest BCUT2D eigenvalue weighted by molar-refractivity contribution is 0.262. The van der Waals surface area contributed by atoms with Gasteiger partial charge in [0.2, 0.25) is 0 Å². The first kappa shape index (κ1) is 11.1. The smallest absolute Gasteiger partial charge is 0.0931 e. The van der Waals surface area contributed by atoms with Crippen LogP contribution in [0.5, 0.6) is 0 Å². The Morgan fingerprint density at radius 3 is 2.75 bits per heavy atom. The van der Waals surface area contributed by atoms with Gasteiger partial charge >= 0.3 is 0 Å². The summed E-state index contributed by atoms with van der Waals surface area (Å²) in [7, 11) is 2.09. The number of thiophene rings is 1. The lowest BCUT2D eigenvalue weighted by Crippen LogP contribution is -2.28. The van der Waals surface area contributed by atoms with Crippen molar-refractivity contribution in [3.8, 4) is 0 Å². The summed E-state index contributed by atoms with van der Waals surface area (Å²) in [5.74, 6) is 2.82. The third-order valence-corrected chi connectivity index (χ3v) is 5.75. The molecule has 0 radical (unpaired) electrons. The third kappa shape index (κ3) is 1.81. The van der Waals surface area contributed by atoms with Gasteiger partial charge in [-0.15, -0.1) is 11.3 Å². The number of fused-ring (bicyclic) bond motifs is 2. The topological polar surface area (TPSA) is 12.0 Å². The monoisotopic (exact) mass is 255 g/mol. The van der Waals surface area contributed by atoms with Crippen LogP contribution >= 0.6 is 22.9 Å². The first-order valence-corrected chi connectivity index (χ1v) is 7.40. The number of hydrogen-bond acceptors (Lipinski definition) is 2. The summed E-state index contributed by atoms with van der Waals surface area (Å²) >= 11 is 7.78. The second kappa shape index (κ2) is 4.32. The zero-order valence-electron chi connectivity index (χ0n) is 9.58. The van der Waals surface area contributed by atoms with Crippen LogP contribution in [0.25, 0.3) is 0 Å². The normalized spacial score (nSPS) is 34.5. The lowest BCUT2D eigenvalue weighted by atomic mass is 9.83. The van der Waals surface area contributed by atoms with Crippen molar-refractivity contribution in [1.29, 1.82) is 0 Å². The SMILES string of the molecule is CNC(c1ccc(Cl)s1)C1CC2CCC1C2. The molecule has 4 atom stereocenters. The molecule has 1 heterocycles. The van der Waals surface area contributed by atoms with E-state index < -0.39 is 0 Å². The van der Waals surface area contributed by atoms with Gasteiger partial charge in [-0.05, 0) is 56.2 Å². The van der Waals surface area contributed by atoms with Crippen LogP contribution in [0.2, 0.25) is 4.34 Å². The Labute approximate surface area is 106 Å². The highest BCUT2D eigenvalue weighted by Crippen LogP contribution is 2.53. The highest BCUT2D eigenvalue weighted by molar-refractivity contribution is 7.16. The molecule has 2 bridgehead atoms. The van der Waals surface area contributed by atoms with Crippen LogP contribution in [-0.2, 0) is 0 Å². The average Bonchev–Trinajstić information content (AvgIpc) is 2.96. The molecule has 2 aliphatic rings. The van der Waals surface area contributed by atoms with E-state index in [1.165, 1.54) is 30.6 Å². The molecule has 1 aromatic rings. The van der Waals surface area contributed by atoms with Crippen LogP contribution in [0, 0.1) is 17.8 Å². The summed E-state index contributed by atoms with van der Waals surface area (Å²) < 4.78 is 0.915. The molecular weight excluding hydrogens is 238 g/mol. The summed E-state index contributed by atoms with van der Waals surface area (Å²) in [5, 5.41) is 3.51. The largest absolute Gasteiger partial charge is 0.312 e. The van der Waals surface area contributed by atoms with Gasteiger partial charge in [0.15, 0.2) is 0 Å². The van der Waals surface area contributed by atoms with E-state index in [1.54, 1.807) is 11.3 Å². The minimum Gasteiger partial charge on any atom is -0.312 e. The quantitative estimate of drug-likeness (QED) is 0.858. The highest BCUT2D eigenvalue weighted by Gasteiger charge is 2.43. The fraction of sp³-hybridized carbons (Fsp3) is 0.692. The van der Waals surface area contributed by atoms with Crippen molar-refractivity contribution in [3.05, 3.63) is 21.3 Å². The van der Waals surface area contributed by atoms with Gasteiger partial charge < -0.3 is 5.32 Å². The molecule has 0 spiro atoms. The van der Waals surface area contributed by atoms with Crippen LogP contribution in [0.4, 0.5) is 0 Å². The van der Waals surface area contributed by atoms with E-state index in [4.69, 9.17) is 11.6 Å². The van der Waals surface area contributed by atoms with Gasteiger partial charge in [0.05, 0.1) is 4.34 Å². The summed E-state index contributed by atoms with van der Waals surface area (Å²) in [6.07, 6.45) is 5.82. The minimum atomic E-state index is 0.535. The molecule has 3 rings (SSSR count). The van der Waals surface area contributed by atoms with Crippen molar-refractivity contribution in [2.45, 2.75) is 31.7 Å². The second-order valence-electron chi connectivity index (χ2n) is 5.25. The van der Waals surface area contributed by atoms with Gasteiger partial charge in [-0.25, -0.2) is 0 Å². The summed E-state index contributed by atoms with van der Waals surface area (Å²) in [4.78, 5) is 1.42. The van der Waals surface area contributed by atoms with Gasteiger partial charge in [-0.1, -0.05) is 18.0 Å². The molecule has 4 unspecified atom stereocenters. The van der Waals surface area contributed by atoms with Crippen LogP contribution in [-0.4, -0.2) is 7.05 Å². The fourth-order valence-electron chi connectivity index (χ4n) is 3.76. The van der Waals surface area contributed by atoms with Crippen LogP contribution in [0.15, 0.2) is 12.1 Å². The number of rotatable bonds is 3. The molecule has 0 amide bonds. The Bertz CT molecular complexity index is 376. The van der Waals surface area contributed by atoms with Crippen molar-refractivity contribution >= 4 is 22.9 Å². The van der Waals surface area contributed by atoms with E-state index in [0.29, 0.717) is 6.04 Å². The Kier molecular flexibility index (Phi) is 2.99. The average molecular weight is 256 g/mol. The van der Waals surface area contributed by atoms with Crippen LogP contribution in [0.3, 0.4) is 0 Å². The van der Waals surface area contributed by atoms with Crippen LogP contribution in [0.1, 0.15) is 36.6 Å². The molecule has 88 valence electrons. The van der Waals surface area contributed by atoms with Crippen molar-refractivity contribution < 1.29 is 0 Å². The summed E-state index contributed by atoms with van der Waals surface area (Å²) in [5.41, 5.74) is 0. The molecule has 1 N–H and O–H groups in total. The standard InChI is InChI=1S/C13H18ClNS/c1-15-13(11-4-5-12(14)16-11)10-7-8-2-3-9(10)6-8/h4-5,8-10,13,15H,2-3,6-7H2,1H3. The molecule has 0 aromatic carbocycles. The Morgan fingerprint density at radius 1 is 1.38 bits per heavy atom. The predicted molar refractivity (Wildman–Crippen MR) is 70.1 cm³/mol. The molecule has 1 aromatic heterocycles. The van der Waals surface area contributed by atoms with Gasteiger partial charge in [0.1, 0.15) is 0 Å². The molecule has 16 heavy (non-hydrogen) atoms. The molecule has 0 saturated heterocycles. The predicted octanol–water partition coefficient (Wildman–Crippen LogP) is 4.10. The maximum Gasteiger partial charge on any atom is 0.0931 e. The van der Waals surface area contributed by atoms with E-state index >= 15 is 0 Å². The van der Waals surface area contributed by atoms with E-state index in [2.05, 4.69) is 18.4 Å². The van der Waals surface area contributed by atoms with Gasteiger partial charge in [0.25, 0.3) is 0 Å². The lowest BCUT2D eigenvalue weighted by Gasteiger charge is -2.29.